The van der Waals surface area contributed by atoms with Crippen LogP contribution in [0, 0.1) is 0 Å². The third-order valence-electron chi connectivity index (χ3n) is 9.34. The Morgan fingerprint density at radius 3 is 1.52 bits per heavy atom. The van der Waals surface area contributed by atoms with E-state index in [-0.39, 0.29) is 6.42 Å². The number of aliphatic hydroxyl groups is 5. The molecule has 7 nitrogen and oxygen atoms in total. The van der Waals surface area contributed by atoms with Crippen LogP contribution < -0.4 is 0 Å². The number of thiazole rings is 1. The van der Waals surface area contributed by atoms with Crippen molar-refractivity contribution in [3.8, 4) is 0 Å². The number of rotatable bonds is 15. The number of fused-ring (bicyclic) bond motifs is 1. The van der Waals surface area contributed by atoms with Crippen molar-refractivity contribution in [1.29, 1.82) is 0 Å². The van der Waals surface area contributed by atoms with Crippen molar-refractivity contribution in [2.24, 2.45) is 0 Å². The third kappa shape index (κ3) is 7.04. The zero-order valence-corrected chi connectivity index (χ0v) is 28.9. The number of thioether (sulfide) groups is 1. The highest BCUT2D eigenvalue weighted by molar-refractivity contribution is 8.02. The summed E-state index contributed by atoms with van der Waals surface area (Å²) in [6.45, 7) is -1.05. The third-order valence-corrected chi connectivity index (χ3v) is 11.7. The molecule has 6 aromatic rings. The zero-order valence-electron chi connectivity index (χ0n) is 27.3. The summed E-state index contributed by atoms with van der Waals surface area (Å²) < 4.78 is 1.14. The second-order valence-corrected chi connectivity index (χ2v) is 15.2. The van der Waals surface area contributed by atoms with E-state index < -0.39 is 53.4 Å². The Balaban J connectivity index is 1.60. The maximum absolute atomic E-state index is 14.8. The quantitative estimate of drug-likeness (QED) is 0.0670. The molecule has 50 heavy (non-hydrogen) atoms. The topological polar surface area (TPSA) is 131 Å². The Kier molecular flexibility index (Phi) is 10.7. The van der Waals surface area contributed by atoms with E-state index in [9.17, 15) is 30.3 Å². The van der Waals surface area contributed by atoms with Crippen LogP contribution >= 0.6 is 23.1 Å². The maximum Gasteiger partial charge on any atom is 0.172 e. The van der Waals surface area contributed by atoms with Crippen LogP contribution in [-0.2, 0) is 30.5 Å². The number of Topliss-reactive ketones (excluding diaryl/α,β-unsaturated/α-hetero) is 1. The second kappa shape index (κ2) is 15.0. The highest BCUT2D eigenvalue weighted by atomic mass is 32.2. The molecule has 1 heterocycles. The number of aromatic nitrogens is 1. The lowest BCUT2D eigenvalue weighted by molar-refractivity contribution is -0.277. The molecule has 0 saturated heterocycles. The summed E-state index contributed by atoms with van der Waals surface area (Å²) in [4.78, 5) is 16.8. The van der Waals surface area contributed by atoms with Crippen molar-refractivity contribution >= 4 is 39.1 Å². The van der Waals surface area contributed by atoms with Gasteiger partial charge in [0.15, 0.2) is 20.7 Å². The average Bonchev–Trinajstić information content (AvgIpc) is 3.55. The van der Waals surface area contributed by atoms with Gasteiger partial charge in [-0.05, 0) is 34.4 Å². The molecular formula is C41H39NO6S2. The number of carbonyl (C=O) groups excluding carboxylic acids is 1. The molecule has 5 aromatic carbocycles. The van der Waals surface area contributed by atoms with Crippen LogP contribution in [0.15, 0.2) is 150 Å². The predicted molar refractivity (Wildman–Crippen MR) is 198 cm³/mol. The normalized spacial score (nSPS) is 16.5. The van der Waals surface area contributed by atoms with Crippen molar-refractivity contribution in [1.82, 2.24) is 4.98 Å². The monoisotopic (exact) mass is 705 g/mol. The fourth-order valence-electron chi connectivity index (χ4n) is 6.61. The van der Waals surface area contributed by atoms with E-state index in [0.717, 1.165) is 4.70 Å². The molecule has 0 unspecified atom stereocenters. The fourth-order valence-corrected chi connectivity index (χ4v) is 9.06. The SMILES string of the molecule is O=C(Cc1ccccc1)[C@@](O)(Cc1ccccc1)[C@](O)(Cc1ccccc1)[C@](O)(Cc1ccccc1)[C@](O)(CO)Sc1nc2ccccc2s1. The molecule has 1 aromatic heterocycles. The largest absolute Gasteiger partial charge is 0.392 e. The highest BCUT2D eigenvalue weighted by Gasteiger charge is 2.71. The van der Waals surface area contributed by atoms with Gasteiger partial charge in [0.25, 0.3) is 0 Å². The molecule has 0 radical (unpaired) electrons. The number of para-hydroxylation sites is 1. The number of carbonyl (C=O) groups is 1. The Bertz CT molecular complexity index is 1980. The Labute approximate surface area is 299 Å². The number of hydrogen-bond donors (Lipinski definition) is 5. The summed E-state index contributed by atoms with van der Waals surface area (Å²) in [5.41, 5.74) is -5.55. The van der Waals surface area contributed by atoms with Gasteiger partial charge in [-0.2, -0.15) is 0 Å². The molecule has 0 bridgehead atoms. The summed E-state index contributed by atoms with van der Waals surface area (Å²) in [6.07, 6.45) is -1.57. The summed E-state index contributed by atoms with van der Waals surface area (Å²) in [6, 6.07) is 42.5. The summed E-state index contributed by atoms with van der Waals surface area (Å²) >= 11 is 1.95. The van der Waals surface area contributed by atoms with E-state index in [1.807, 2.05) is 30.3 Å². The highest BCUT2D eigenvalue weighted by Crippen LogP contribution is 2.52. The molecule has 0 amide bonds. The predicted octanol–water partition coefficient (Wildman–Crippen LogP) is 5.80. The molecule has 256 valence electrons. The van der Waals surface area contributed by atoms with Gasteiger partial charge in [0.1, 0.15) is 11.2 Å². The number of aliphatic hydroxyl groups excluding tert-OH is 1. The minimum absolute atomic E-state index is 0.273. The van der Waals surface area contributed by atoms with E-state index in [4.69, 9.17) is 0 Å². The fraction of sp³-hybridized carbons (Fsp3) is 0.220. The lowest BCUT2D eigenvalue weighted by atomic mass is 9.60. The standard InChI is InChI=1S/C41H39NO6S2/c43-29-41(48,50-37-42-34-23-13-14-24-35(34)49-37)40(47,28-33-21-11-4-12-22-33)39(46,27-32-19-9-3-10-20-32)38(45,26-31-17-7-2-8-18-31)36(44)25-30-15-5-1-6-16-30/h1-24,43,45-48H,25-29H2/t38-,39+,40+,41-/m0/s1. The van der Waals surface area contributed by atoms with Crippen LogP contribution in [-0.4, -0.2) is 64.6 Å². The first-order chi connectivity index (χ1) is 24.1. The Morgan fingerprint density at radius 1 is 0.580 bits per heavy atom. The number of benzene rings is 5. The van der Waals surface area contributed by atoms with E-state index in [1.54, 1.807) is 115 Å². The zero-order chi connectivity index (χ0) is 35.2. The lowest BCUT2D eigenvalue weighted by Crippen LogP contribution is -2.79. The second-order valence-electron chi connectivity index (χ2n) is 12.6. The van der Waals surface area contributed by atoms with Gasteiger partial charge in [0, 0.05) is 25.7 Å². The smallest absolute Gasteiger partial charge is 0.172 e. The van der Waals surface area contributed by atoms with Gasteiger partial charge in [-0.25, -0.2) is 4.98 Å². The summed E-state index contributed by atoms with van der Waals surface area (Å²) in [7, 11) is 0. The molecule has 9 heteroatoms. The first kappa shape index (κ1) is 35.6. The van der Waals surface area contributed by atoms with E-state index in [2.05, 4.69) is 4.98 Å². The molecule has 0 saturated carbocycles. The number of nitrogens with zero attached hydrogens (tertiary/aromatic N) is 1. The van der Waals surface area contributed by atoms with Crippen molar-refractivity contribution < 1.29 is 30.3 Å². The molecule has 0 aliphatic heterocycles. The van der Waals surface area contributed by atoms with Gasteiger partial charge in [0.2, 0.25) is 0 Å². The van der Waals surface area contributed by atoms with Gasteiger partial charge in [-0.1, -0.05) is 145 Å². The van der Waals surface area contributed by atoms with Crippen LogP contribution in [0.2, 0.25) is 0 Å². The molecule has 0 aliphatic carbocycles. The van der Waals surface area contributed by atoms with Crippen molar-refractivity contribution in [3.05, 3.63) is 168 Å². The van der Waals surface area contributed by atoms with Crippen LogP contribution in [0.3, 0.4) is 0 Å². The molecule has 4 atom stereocenters. The molecule has 5 N–H and O–H groups in total. The maximum atomic E-state index is 14.8. The van der Waals surface area contributed by atoms with Gasteiger partial charge >= 0.3 is 0 Å². The first-order valence-corrected chi connectivity index (χ1v) is 18.0. The molecule has 0 fully saturated rings. The minimum atomic E-state index is -2.82. The van der Waals surface area contributed by atoms with Crippen LogP contribution in [0.25, 0.3) is 10.2 Å². The average molecular weight is 706 g/mol. The summed E-state index contributed by atoms with van der Waals surface area (Å²) in [5.74, 6) is -0.761. The number of hydrogen-bond acceptors (Lipinski definition) is 9. The van der Waals surface area contributed by atoms with Crippen LogP contribution in [0.5, 0.6) is 0 Å². The van der Waals surface area contributed by atoms with E-state index in [1.165, 1.54) is 11.3 Å². The summed E-state index contributed by atoms with van der Waals surface area (Å²) in [5, 5.41) is 64.0. The van der Waals surface area contributed by atoms with Crippen LogP contribution in [0.4, 0.5) is 0 Å². The van der Waals surface area contributed by atoms with Crippen molar-refractivity contribution in [2.45, 2.75) is 51.8 Å². The molecular weight excluding hydrogens is 667 g/mol. The lowest BCUT2D eigenvalue weighted by Gasteiger charge is -2.57. The van der Waals surface area contributed by atoms with Crippen molar-refractivity contribution in [2.75, 3.05) is 6.61 Å². The van der Waals surface area contributed by atoms with E-state index >= 15 is 0 Å². The van der Waals surface area contributed by atoms with Gasteiger partial charge < -0.3 is 25.5 Å². The van der Waals surface area contributed by atoms with E-state index in [0.29, 0.717) is 43.9 Å². The number of ketones is 1. The molecule has 6 rings (SSSR count). The minimum Gasteiger partial charge on any atom is -0.392 e. The van der Waals surface area contributed by atoms with Crippen LogP contribution in [0.1, 0.15) is 22.3 Å². The first-order valence-electron chi connectivity index (χ1n) is 16.3. The van der Waals surface area contributed by atoms with Gasteiger partial charge in [-0.3, -0.25) is 4.79 Å². The molecule has 0 aliphatic rings. The Hall–Kier alpha value is -4.19. The van der Waals surface area contributed by atoms with Gasteiger partial charge in [-0.15, -0.1) is 11.3 Å². The van der Waals surface area contributed by atoms with Gasteiger partial charge in [0.05, 0.1) is 16.8 Å². The van der Waals surface area contributed by atoms with Crippen molar-refractivity contribution in [3.63, 3.8) is 0 Å². The Morgan fingerprint density at radius 2 is 1.02 bits per heavy atom. The molecule has 0 spiro atoms.